The predicted molar refractivity (Wildman–Crippen MR) is 67.3 cm³/mol. The summed E-state index contributed by atoms with van der Waals surface area (Å²) in [5.41, 5.74) is 0. The number of hydrogen-bond donors (Lipinski definition) is 0. The summed E-state index contributed by atoms with van der Waals surface area (Å²) in [6, 6.07) is 3.78. The molecule has 0 unspecified atom stereocenters. The van der Waals surface area contributed by atoms with Crippen molar-refractivity contribution in [3.63, 3.8) is 0 Å². The summed E-state index contributed by atoms with van der Waals surface area (Å²) in [6.45, 7) is 0. The van der Waals surface area contributed by atoms with Crippen LogP contribution in [0.4, 0.5) is 0 Å². The molecule has 0 spiro atoms. The smallest absolute Gasteiger partial charge is 0.167 e. The second kappa shape index (κ2) is 5.18. The number of aromatic nitrogens is 1. The van der Waals surface area contributed by atoms with E-state index in [0.29, 0.717) is 15.0 Å². The van der Waals surface area contributed by atoms with Gasteiger partial charge in [0, 0.05) is 10.5 Å². The number of rotatable bonds is 2. The zero-order chi connectivity index (χ0) is 10.7. The van der Waals surface area contributed by atoms with E-state index in [1.165, 1.54) is 32.2 Å². The summed E-state index contributed by atoms with van der Waals surface area (Å²) < 4.78 is 4.46. The predicted octanol–water partition coefficient (Wildman–Crippen LogP) is 3.42. The minimum atomic E-state index is 0.361. The van der Waals surface area contributed by atoms with Crippen molar-refractivity contribution in [3.8, 4) is 0 Å². The van der Waals surface area contributed by atoms with Gasteiger partial charge in [-0.3, -0.25) is 0 Å². The average Bonchev–Trinajstić information content (AvgIpc) is 2.85. The maximum atomic E-state index is 5.93. The molecule has 2 aromatic rings. The van der Waals surface area contributed by atoms with Crippen molar-refractivity contribution in [2.75, 3.05) is 0 Å². The van der Waals surface area contributed by atoms with Crippen LogP contribution in [0, 0.1) is 0 Å². The van der Waals surface area contributed by atoms with Gasteiger partial charge in [0.25, 0.3) is 0 Å². The van der Waals surface area contributed by atoms with Gasteiger partial charge in [0.1, 0.15) is 0 Å². The van der Waals surface area contributed by atoms with Crippen molar-refractivity contribution < 1.29 is 0 Å². The van der Waals surface area contributed by atoms with Crippen molar-refractivity contribution in [3.05, 3.63) is 32.2 Å². The molecular formula is C7H3Cl2N3S3. The highest BCUT2D eigenvalue weighted by molar-refractivity contribution is 7.66. The molecule has 2 heterocycles. The van der Waals surface area contributed by atoms with Crippen molar-refractivity contribution in [1.29, 1.82) is 0 Å². The van der Waals surface area contributed by atoms with Gasteiger partial charge in [0.2, 0.25) is 0 Å². The minimum Gasteiger partial charge on any atom is -0.167 e. The highest BCUT2D eigenvalue weighted by Crippen LogP contribution is 2.12. The molecule has 0 N–H and O–H groups in total. The quantitative estimate of drug-likeness (QED) is 0.475. The van der Waals surface area contributed by atoms with Crippen LogP contribution in [-0.2, 0) is 0 Å². The number of nitrogens with zero attached hydrogens (tertiary/aromatic N) is 3. The Morgan fingerprint density at radius 3 is 2.93 bits per heavy atom. The van der Waals surface area contributed by atoms with Crippen LogP contribution in [0.2, 0.25) is 5.15 Å². The monoisotopic (exact) mass is 295 g/mol. The van der Waals surface area contributed by atoms with Gasteiger partial charge in [0.15, 0.2) is 15.0 Å². The van der Waals surface area contributed by atoms with E-state index >= 15 is 0 Å². The van der Waals surface area contributed by atoms with E-state index in [1.54, 1.807) is 0 Å². The highest BCUT2D eigenvalue weighted by atomic mass is 35.5. The van der Waals surface area contributed by atoms with Gasteiger partial charge in [-0.25, -0.2) is 0 Å². The average molecular weight is 296 g/mol. The normalized spacial score (nSPS) is 13.5. The second-order valence-electron chi connectivity index (χ2n) is 2.31. The molecule has 2 rings (SSSR count). The zero-order valence-electron chi connectivity index (χ0n) is 7.05. The van der Waals surface area contributed by atoms with Crippen LogP contribution in [0.1, 0.15) is 4.88 Å². The van der Waals surface area contributed by atoms with E-state index in [0.717, 1.165) is 4.88 Å². The van der Waals surface area contributed by atoms with Gasteiger partial charge in [-0.05, 0) is 21.8 Å². The molecule has 3 nitrogen and oxygen atoms in total. The molecule has 0 bridgehead atoms. The van der Waals surface area contributed by atoms with Crippen LogP contribution in [0.25, 0.3) is 0 Å². The van der Waals surface area contributed by atoms with Crippen LogP contribution < -0.4 is 4.67 Å². The summed E-state index contributed by atoms with van der Waals surface area (Å²) in [5, 5.41) is 10.5. The van der Waals surface area contributed by atoms with E-state index in [1.807, 2.05) is 17.5 Å². The third kappa shape index (κ3) is 2.85. The van der Waals surface area contributed by atoms with Gasteiger partial charge in [-0.15, -0.1) is 21.5 Å². The number of halogens is 2. The summed E-state index contributed by atoms with van der Waals surface area (Å²) in [4.78, 5) is 0.879. The number of hydrogen-bond acceptors (Lipinski definition) is 6. The first-order valence-corrected chi connectivity index (χ1v) is 7.44. The minimum absolute atomic E-state index is 0.361. The molecule has 0 aromatic carbocycles. The molecule has 8 heteroatoms. The Morgan fingerprint density at radius 1 is 1.47 bits per heavy atom. The Bertz CT molecular complexity index is 526. The largest absolute Gasteiger partial charge is 0.188 e. The van der Waals surface area contributed by atoms with E-state index in [4.69, 9.17) is 23.2 Å². The molecule has 0 aliphatic carbocycles. The van der Waals surface area contributed by atoms with Gasteiger partial charge in [-0.2, -0.15) is 4.37 Å². The van der Waals surface area contributed by atoms with Gasteiger partial charge in [0.05, 0.1) is 4.88 Å². The fourth-order valence-corrected chi connectivity index (χ4v) is 3.49. The van der Waals surface area contributed by atoms with Crippen LogP contribution >= 0.6 is 55.4 Å². The van der Waals surface area contributed by atoms with E-state index < -0.39 is 0 Å². The van der Waals surface area contributed by atoms with Gasteiger partial charge in [-0.1, -0.05) is 29.3 Å². The molecule has 0 aliphatic heterocycles. The molecule has 0 amide bonds. The molecular weight excluding hydrogens is 293 g/mol. The van der Waals surface area contributed by atoms with Crippen LogP contribution in [-0.4, -0.2) is 9.54 Å². The molecule has 15 heavy (non-hydrogen) atoms. The molecule has 0 saturated carbocycles. The fourth-order valence-electron chi connectivity index (χ4n) is 0.753. The first kappa shape index (κ1) is 11.2. The maximum Gasteiger partial charge on any atom is 0.188 e. The van der Waals surface area contributed by atoms with Crippen molar-refractivity contribution in [2.24, 2.45) is 10.2 Å². The molecule has 78 valence electrons. The first-order valence-electron chi connectivity index (χ1n) is 3.70. The lowest BCUT2D eigenvalue weighted by Gasteiger charge is -1.86. The Hall–Kier alpha value is -0.270. The van der Waals surface area contributed by atoms with E-state index in [-0.39, 0.29) is 0 Å². The maximum absolute atomic E-state index is 5.93. The molecule has 0 saturated heterocycles. The van der Waals surface area contributed by atoms with Crippen LogP contribution in [0.5, 0.6) is 0 Å². The lowest BCUT2D eigenvalue weighted by Crippen LogP contribution is -1.94. The lowest BCUT2D eigenvalue weighted by molar-refractivity contribution is 1.17. The Labute approximate surface area is 107 Å². The SMILES string of the molecule is Cl/C(=N\N=c1/ssnc1Cl)c1cccs1. The van der Waals surface area contributed by atoms with Gasteiger partial charge < -0.3 is 0 Å². The third-order valence-corrected chi connectivity index (χ3v) is 4.79. The fraction of sp³-hybridized carbons (Fsp3) is 0. The Kier molecular flexibility index (Phi) is 3.87. The molecule has 0 aliphatic rings. The first-order chi connectivity index (χ1) is 7.27. The van der Waals surface area contributed by atoms with Crippen molar-refractivity contribution >= 4 is 60.6 Å². The molecule has 2 aromatic heterocycles. The van der Waals surface area contributed by atoms with Crippen LogP contribution in [0.3, 0.4) is 0 Å². The summed E-state index contributed by atoms with van der Waals surface area (Å²) in [6.07, 6.45) is 0. The summed E-state index contributed by atoms with van der Waals surface area (Å²) in [5.74, 6) is 0. The Morgan fingerprint density at radius 2 is 2.33 bits per heavy atom. The van der Waals surface area contributed by atoms with Crippen molar-refractivity contribution in [1.82, 2.24) is 4.37 Å². The van der Waals surface area contributed by atoms with Gasteiger partial charge >= 0.3 is 0 Å². The second-order valence-corrected chi connectivity index (χ2v) is 5.81. The standard InChI is InChI=1S/C7H3Cl2N3S3/c8-5(4-2-1-3-13-4)10-11-7-6(9)12-15-14-7/h1-3H/b10-5-,11-7-. The zero-order valence-corrected chi connectivity index (χ0v) is 11.0. The lowest BCUT2D eigenvalue weighted by atomic mass is 10.5. The van der Waals surface area contributed by atoms with Crippen LogP contribution in [0.15, 0.2) is 27.7 Å². The molecule has 0 fully saturated rings. The number of thiophene rings is 1. The molecule has 0 radical (unpaired) electrons. The van der Waals surface area contributed by atoms with Crippen molar-refractivity contribution in [2.45, 2.75) is 0 Å². The summed E-state index contributed by atoms with van der Waals surface area (Å²) in [7, 11) is 2.63. The third-order valence-electron chi connectivity index (χ3n) is 1.36. The molecule has 0 atom stereocenters. The highest BCUT2D eigenvalue weighted by Gasteiger charge is 2.00. The topological polar surface area (TPSA) is 37.6 Å². The summed E-state index contributed by atoms with van der Waals surface area (Å²) >= 11 is 13.2. The van der Waals surface area contributed by atoms with E-state index in [2.05, 4.69) is 14.6 Å². The Balaban J connectivity index is 2.30. The van der Waals surface area contributed by atoms with E-state index in [9.17, 15) is 0 Å².